The van der Waals surface area contributed by atoms with Crippen LogP contribution >= 0.6 is 0 Å². The Bertz CT molecular complexity index is 391. The van der Waals surface area contributed by atoms with Crippen molar-refractivity contribution in [1.29, 1.82) is 0 Å². The molecule has 0 aliphatic rings. The molecule has 0 atom stereocenters. The Balaban J connectivity index is 2.76. The van der Waals surface area contributed by atoms with Gasteiger partial charge in [-0.05, 0) is 13.3 Å². The largest absolute Gasteiger partial charge is 0.380 e. The summed E-state index contributed by atoms with van der Waals surface area (Å²) in [5.74, 6) is 0. The summed E-state index contributed by atoms with van der Waals surface area (Å²) in [5.41, 5.74) is 0.302. The zero-order valence-corrected chi connectivity index (χ0v) is 9.59. The summed E-state index contributed by atoms with van der Waals surface area (Å²) in [6.07, 6.45) is 2.08. The predicted molar refractivity (Wildman–Crippen MR) is 63.7 cm³/mol. The van der Waals surface area contributed by atoms with Crippen LogP contribution in [0.5, 0.6) is 0 Å². The molecule has 0 fully saturated rings. The van der Waals surface area contributed by atoms with Crippen LogP contribution in [0.4, 0.5) is 11.4 Å². The summed E-state index contributed by atoms with van der Waals surface area (Å²) < 4.78 is 0. The summed E-state index contributed by atoms with van der Waals surface area (Å²) in [6.45, 7) is 5.52. The van der Waals surface area contributed by atoms with Crippen LogP contribution in [-0.2, 0) is 0 Å². The molecule has 0 spiro atoms. The van der Waals surface area contributed by atoms with Crippen LogP contribution in [0.1, 0.15) is 26.7 Å². The van der Waals surface area contributed by atoms with E-state index in [2.05, 4.69) is 12.2 Å². The topological polar surface area (TPSA) is 49.4 Å². The van der Waals surface area contributed by atoms with Crippen molar-refractivity contribution < 1.29 is 0 Å². The third kappa shape index (κ3) is 2.19. The fourth-order valence-corrected chi connectivity index (χ4v) is 1.46. The van der Waals surface area contributed by atoms with E-state index in [0.717, 1.165) is 25.9 Å². The summed E-state index contributed by atoms with van der Waals surface area (Å²) in [6, 6.07) is 0. The van der Waals surface area contributed by atoms with Gasteiger partial charge in [0.2, 0.25) is 0 Å². The Morgan fingerprint density at radius 2 is 1.87 bits per heavy atom. The maximum Gasteiger partial charge on any atom is 0.253 e. The van der Waals surface area contributed by atoms with Crippen molar-refractivity contribution in [3.8, 4) is 0 Å². The van der Waals surface area contributed by atoms with Gasteiger partial charge in [0, 0.05) is 20.1 Å². The fourth-order valence-electron chi connectivity index (χ4n) is 1.46. The molecule has 4 nitrogen and oxygen atoms in total. The van der Waals surface area contributed by atoms with Crippen molar-refractivity contribution in [2.75, 3.05) is 30.4 Å². The maximum atomic E-state index is 11.3. The van der Waals surface area contributed by atoms with Crippen molar-refractivity contribution >= 4 is 11.4 Å². The smallest absolute Gasteiger partial charge is 0.253 e. The lowest BCUT2D eigenvalue weighted by Crippen LogP contribution is -2.41. The second-order valence-corrected chi connectivity index (χ2v) is 3.68. The minimum absolute atomic E-state index is 0.363. The van der Waals surface area contributed by atoms with E-state index in [1.54, 1.807) is 4.90 Å². The third-order valence-corrected chi connectivity index (χ3v) is 2.57. The van der Waals surface area contributed by atoms with Gasteiger partial charge in [0.25, 0.3) is 10.9 Å². The van der Waals surface area contributed by atoms with Gasteiger partial charge in [0.1, 0.15) is 11.4 Å². The Labute approximate surface area is 89.6 Å². The van der Waals surface area contributed by atoms with E-state index in [4.69, 9.17) is 0 Å². The van der Waals surface area contributed by atoms with E-state index in [1.165, 1.54) is 0 Å². The van der Waals surface area contributed by atoms with Gasteiger partial charge in [-0.1, -0.05) is 13.3 Å². The Morgan fingerprint density at radius 3 is 2.40 bits per heavy atom. The molecule has 0 aromatic heterocycles. The highest BCUT2D eigenvalue weighted by atomic mass is 16.2. The minimum atomic E-state index is -0.374. The first-order chi connectivity index (χ1) is 7.13. The molecule has 1 rings (SSSR count). The quantitative estimate of drug-likeness (QED) is 0.561. The Hall–Kier alpha value is -1.32. The SMILES string of the molecule is CCCCNc1c(N(C)CC)c(=O)c1=O. The van der Waals surface area contributed by atoms with E-state index in [1.807, 2.05) is 14.0 Å². The first kappa shape index (κ1) is 11.8. The lowest BCUT2D eigenvalue weighted by molar-refractivity contribution is 0.830. The second kappa shape index (κ2) is 4.96. The number of rotatable bonds is 6. The number of anilines is 2. The fraction of sp³-hybridized carbons (Fsp3) is 0.636. The molecule has 1 N–H and O–H groups in total. The van der Waals surface area contributed by atoms with Gasteiger partial charge in [-0.2, -0.15) is 0 Å². The standard InChI is InChI=1S/C11H18N2O2/c1-4-6-7-12-8-9(13(3)5-2)11(15)10(8)14/h12H,4-7H2,1-3H3. The summed E-state index contributed by atoms with van der Waals surface area (Å²) in [5, 5.41) is 3.03. The van der Waals surface area contributed by atoms with Gasteiger partial charge in [0.05, 0.1) is 0 Å². The lowest BCUT2D eigenvalue weighted by Gasteiger charge is -2.21. The molecule has 0 bridgehead atoms. The van der Waals surface area contributed by atoms with Gasteiger partial charge in [-0.15, -0.1) is 0 Å². The minimum Gasteiger partial charge on any atom is -0.380 e. The van der Waals surface area contributed by atoms with Gasteiger partial charge in [0.15, 0.2) is 0 Å². The number of nitrogens with zero attached hydrogens (tertiary/aromatic N) is 1. The van der Waals surface area contributed by atoms with Crippen molar-refractivity contribution in [1.82, 2.24) is 0 Å². The normalized spacial score (nSPS) is 10.6. The molecule has 1 aromatic rings. The molecule has 0 heterocycles. The lowest BCUT2D eigenvalue weighted by atomic mass is 10.1. The molecule has 0 amide bonds. The second-order valence-electron chi connectivity index (χ2n) is 3.68. The highest BCUT2D eigenvalue weighted by molar-refractivity contribution is 5.74. The van der Waals surface area contributed by atoms with E-state index in [0.29, 0.717) is 11.4 Å². The van der Waals surface area contributed by atoms with Crippen LogP contribution in [0.3, 0.4) is 0 Å². The van der Waals surface area contributed by atoms with Gasteiger partial charge in [-0.25, -0.2) is 0 Å². The van der Waals surface area contributed by atoms with Crippen LogP contribution in [0, 0.1) is 0 Å². The van der Waals surface area contributed by atoms with Crippen molar-refractivity contribution in [3.63, 3.8) is 0 Å². The average Bonchev–Trinajstić information content (AvgIpc) is 2.26. The average molecular weight is 210 g/mol. The maximum absolute atomic E-state index is 11.3. The van der Waals surface area contributed by atoms with E-state index in [-0.39, 0.29) is 10.9 Å². The third-order valence-electron chi connectivity index (χ3n) is 2.57. The van der Waals surface area contributed by atoms with Crippen LogP contribution in [-0.4, -0.2) is 20.1 Å². The number of hydrogen-bond acceptors (Lipinski definition) is 4. The molecule has 4 heteroatoms. The van der Waals surface area contributed by atoms with Gasteiger partial charge >= 0.3 is 0 Å². The molecule has 0 radical (unpaired) electrons. The zero-order chi connectivity index (χ0) is 11.4. The number of unbranched alkanes of at least 4 members (excludes halogenated alkanes) is 1. The molecular weight excluding hydrogens is 192 g/mol. The van der Waals surface area contributed by atoms with E-state index in [9.17, 15) is 9.59 Å². The molecule has 1 aromatic carbocycles. The first-order valence-corrected chi connectivity index (χ1v) is 5.41. The van der Waals surface area contributed by atoms with Gasteiger partial charge < -0.3 is 10.2 Å². The predicted octanol–water partition coefficient (Wildman–Crippen LogP) is 0.951. The molecule has 84 valence electrons. The molecule has 0 saturated heterocycles. The summed E-state index contributed by atoms with van der Waals surface area (Å²) in [7, 11) is 1.82. The van der Waals surface area contributed by atoms with Crippen molar-refractivity contribution in [2.24, 2.45) is 0 Å². The molecule has 0 aliphatic carbocycles. The molecule has 15 heavy (non-hydrogen) atoms. The van der Waals surface area contributed by atoms with Crippen molar-refractivity contribution in [3.05, 3.63) is 20.4 Å². The monoisotopic (exact) mass is 210 g/mol. The molecule has 0 saturated carbocycles. The molecule has 0 aliphatic heterocycles. The molecular formula is C11H18N2O2. The summed E-state index contributed by atoms with van der Waals surface area (Å²) in [4.78, 5) is 24.4. The van der Waals surface area contributed by atoms with Crippen LogP contribution in [0.2, 0.25) is 0 Å². The van der Waals surface area contributed by atoms with Gasteiger partial charge in [-0.3, -0.25) is 9.59 Å². The highest BCUT2D eigenvalue weighted by Gasteiger charge is 2.22. The first-order valence-electron chi connectivity index (χ1n) is 5.41. The van der Waals surface area contributed by atoms with E-state index < -0.39 is 0 Å². The van der Waals surface area contributed by atoms with Crippen LogP contribution in [0.25, 0.3) is 0 Å². The Kier molecular flexibility index (Phi) is 3.88. The zero-order valence-electron chi connectivity index (χ0n) is 9.59. The highest BCUT2D eigenvalue weighted by Crippen LogP contribution is 2.18. The van der Waals surface area contributed by atoms with Crippen molar-refractivity contribution in [2.45, 2.75) is 26.7 Å². The number of nitrogens with one attached hydrogen (secondary N) is 1. The summed E-state index contributed by atoms with van der Waals surface area (Å²) >= 11 is 0. The Morgan fingerprint density at radius 1 is 1.20 bits per heavy atom. The van der Waals surface area contributed by atoms with Crippen LogP contribution < -0.4 is 21.1 Å². The molecule has 0 unspecified atom stereocenters. The number of hydrogen-bond donors (Lipinski definition) is 1. The van der Waals surface area contributed by atoms with E-state index >= 15 is 0 Å². The van der Waals surface area contributed by atoms with Crippen LogP contribution in [0.15, 0.2) is 9.59 Å².